The lowest BCUT2D eigenvalue weighted by molar-refractivity contribution is 0.305. The summed E-state index contributed by atoms with van der Waals surface area (Å²) < 4.78 is 5.25. The van der Waals surface area contributed by atoms with Crippen molar-refractivity contribution in [3.8, 4) is 5.75 Å². The highest BCUT2D eigenvalue weighted by Crippen LogP contribution is 2.32. The number of nitrogens with one attached hydrogen (secondary N) is 1. The number of hydrogen-bond donors (Lipinski definition) is 1. The molecule has 1 heterocycles. The van der Waals surface area contributed by atoms with Gasteiger partial charge in [-0.1, -0.05) is 32.1 Å². The number of aromatic nitrogens is 1. The molecule has 1 saturated carbocycles. The Kier molecular flexibility index (Phi) is 5.00. The molecule has 18 heavy (non-hydrogen) atoms. The molecule has 1 unspecified atom stereocenters. The number of nitrogens with zero attached hydrogens (tertiary/aromatic N) is 1. The lowest BCUT2D eigenvalue weighted by Gasteiger charge is -2.26. The first-order chi connectivity index (χ1) is 8.83. The zero-order chi connectivity index (χ0) is 12.8. The van der Waals surface area contributed by atoms with Gasteiger partial charge in [-0.2, -0.15) is 0 Å². The van der Waals surface area contributed by atoms with Crippen LogP contribution in [0.4, 0.5) is 0 Å². The zero-order valence-electron chi connectivity index (χ0n) is 11.5. The SMILES string of the molecule is CNC(CC1CCCCC1)c1cncc(OC)c1. The Hall–Kier alpha value is -1.09. The van der Waals surface area contributed by atoms with E-state index in [2.05, 4.69) is 16.4 Å². The van der Waals surface area contributed by atoms with Crippen molar-refractivity contribution in [1.29, 1.82) is 0 Å². The quantitative estimate of drug-likeness (QED) is 0.868. The molecular weight excluding hydrogens is 224 g/mol. The molecule has 0 spiro atoms. The summed E-state index contributed by atoms with van der Waals surface area (Å²) in [4.78, 5) is 4.25. The minimum Gasteiger partial charge on any atom is -0.495 e. The number of hydrogen-bond acceptors (Lipinski definition) is 3. The van der Waals surface area contributed by atoms with E-state index < -0.39 is 0 Å². The number of ether oxygens (including phenoxy) is 1. The van der Waals surface area contributed by atoms with E-state index in [1.807, 2.05) is 13.2 Å². The fourth-order valence-corrected chi connectivity index (χ4v) is 2.91. The summed E-state index contributed by atoms with van der Waals surface area (Å²) in [6.45, 7) is 0. The molecule has 1 atom stereocenters. The average molecular weight is 248 g/mol. The first kappa shape index (κ1) is 13.3. The number of pyridine rings is 1. The van der Waals surface area contributed by atoms with E-state index in [9.17, 15) is 0 Å². The molecule has 1 fully saturated rings. The topological polar surface area (TPSA) is 34.2 Å². The summed E-state index contributed by atoms with van der Waals surface area (Å²) in [5.74, 6) is 1.71. The van der Waals surface area contributed by atoms with E-state index in [0.29, 0.717) is 6.04 Å². The molecule has 1 aromatic heterocycles. The van der Waals surface area contributed by atoms with Gasteiger partial charge in [0.05, 0.1) is 13.3 Å². The predicted molar refractivity (Wildman–Crippen MR) is 73.8 cm³/mol. The fraction of sp³-hybridized carbons (Fsp3) is 0.667. The highest BCUT2D eigenvalue weighted by atomic mass is 16.5. The molecule has 100 valence electrons. The highest BCUT2D eigenvalue weighted by molar-refractivity contribution is 5.25. The Bertz CT molecular complexity index is 361. The maximum absolute atomic E-state index is 5.25. The molecule has 1 aromatic rings. The zero-order valence-corrected chi connectivity index (χ0v) is 11.5. The molecule has 1 aliphatic carbocycles. The van der Waals surface area contributed by atoms with Crippen molar-refractivity contribution in [3.63, 3.8) is 0 Å². The van der Waals surface area contributed by atoms with Gasteiger partial charge in [-0.25, -0.2) is 0 Å². The van der Waals surface area contributed by atoms with E-state index in [1.165, 1.54) is 44.1 Å². The first-order valence-corrected chi connectivity index (χ1v) is 6.99. The molecule has 1 aliphatic rings. The van der Waals surface area contributed by atoms with Crippen molar-refractivity contribution in [2.24, 2.45) is 5.92 Å². The molecule has 0 bridgehead atoms. The largest absolute Gasteiger partial charge is 0.495 e. The van der Waals surface area contributed by atoms with E-state index in [0.717, 1.165) is 11.7 Å². The van der Waals surface area contributed by atoms with Crippen molar-refractivity contribution in [2.75, 3.05) is 14.2 Å². The molecule has 0 radical (unpaired) electrons. The van der Waals surface area contributed by atoms with Crippen molar-refractivity contribution in [2.45, 2.75) is 44.6 Å². The van der Waals surface area contributed by atoms with Crippen LogP contribution in [0, 0.1) is 5.92 Å². The van der Waals surface area contributed by atoms with Gasteiger partial charge in [0, 0.05) is 12.2 Å². The second-order valence-electron chi connectivity index (χ2n) is 5.24. The van der Waals surface area contributed by atoms with Crippen LogP contribution < -0.4 is 10.1 Å². The molecular formula is C15H24N2O. The minimum atomic E-state index is 0.399. The van der Waals surface area contributed by atoms with Crippen LogP contribution >= 0.6 is 0 Å². The summed E-state index contributed by atoms with van der Waals surface area (Å²) in [5.41, 5.74) is 1.24. The number of methoxy groups -OCH3 is 1. The van der Waals surface area contributed by atoms with Gasteiger partial charge in [-0.3, -0.25) is 4.98 Å². The van der Waals surface area contributed by atoms with Gasteiger partial charge in [0.25, 0.3) is 0 Å². The van der Waals surface area contributed by atoms with Crippen molar-refractivity contribution >= 4 is 0 Å². The van der Waals surface area contributed by atoms with Gasteiger partial charge in [0.1, 0.15) is 5.75 Å². The van der Waals surface area contributed by atoms with Crippen LogP contribution in [0.5, 0.6) is 5.75 Å². The second-order valence-corrected chi connectivity index (χ2v) is 5.24. The summed E-state index contributed by atoms with van der Waals surface area (Å²) in [7, 11) is 3.73. The van der Waals surface area contributed by atoms with Crippen molar-refractivity contribution in [3.05, 3.63) is 24.0 Å². The van der Waals surface area contributed by atoms with Crippen LogP contribution in [-0.2, 0) is 0 Å². The van der Waals surface area contributed by atoms with Gasteiger partial charge < -0.3 is 10.1 Å². The van der Waals surface area contributed by atoms with E-state index in [1.54, 1.807) is 13.3 Å². The van der Waals surface area contributed by atoms with E-state index in [4.69, 9.17) is 4.74 Å². The maximum Gasteiger partial charge on any atom is 0.137 e. The average Bonchev–Trinajstić information content (AvgIpc) is 2.46. The summed E-state index contributed by atoms with van der Waals surface area (Å²) in [6.07, 6.45) is 11.9. The van der Waals surface area contributed by atoms with Crippen LogP contribution in [0.1, 0.15) is 50.1 Å². The Morgan fingerprint density at radius 2 is 2.11 bits per heavy atom. The van der Waals surface area contributed by atoms with Crippen molar-refractivity contribution in [1.82, 2.24) is 10.3 Å². The maximum atomic E-state index is 5.25. The van der Waals surface area contributed by atoms with Crippen molar-refractivity contribution < 1.29 is 4.74 Å². The first-order valence-electron chi connectivity index (χ1n) is 6.99. The van der Waals surface area contributed by atoms with Gasteiger partial charge in [0.2, 0.25) is 0 Å². The lowest BCUT2D eigenvalue weighted by atomic mass is 9.83. The summed E-state index contributed by atoms with van der Waals surface area (Å²) in [5, 5.41) is 3.42. The Morgan fingerprint density at radius 3 is 2.78 bits per heavy atom. The molecule has 3 nitrogen and oxygen atoms in total. The molecule has 3 heteroatoms. The standard InChI is InChI=1S/C15H24N2O/c1-16-15(8-12-6-4-3-5-7-12)13-9-14(18-2)11-17-10-13/h9-12,15-16H,3-8H2,1-2H3. The molecule has 0 aromatic carbocycles. The third kappa shape index (κ3) is 3.45. The number of rotatable bonds is 5. The smallest absolute Gasteiger partial charge is 0.137 e. The summed E-state index contributed by atoms with van der Waals surface area (Å²) >= 11 is 0. The molecule has 1 N–H and O–H groups in total. The third-order valence-electron chi connectivity index (χ3n) is 4.01. The molecule has 0 aliphatic heterocycles. The van der Waals surface area contributed by atoms with Gasteiger partial charge >= 0.3 is 0 Å². The Labute approximate surface area is 110 Å². The highest BCUT2D eigenvalue weighted by Gasteiger charge is 2.19. The fourth-order valence-electron chi connectivity index (χ4n) is 2.91. The lowest BCUT2D eigenvalue weighted by Crippen LogP contribution is -2.21. The predicted octanol–water partition coefficient (Wildman–Crippen LogP) is 3.32. The Morgan fingerprint density at radius 1 is 1.33 bits per heavy atom. The minimum absolute atomic E-state index is 0.399. The molecule has 2 rings (SSSR count). The van der Waals surface area contributed by atoms with Gasteiger partial charge in [0.15, 0.2) is 0 Å². The van der Waals surface area contributed by atoms with Crippen LogP contribution in [0.25, 0.3) is 0 Å². The van der Waals surface area contributed by atoms with E-state index >= 15 is 0 Å². The van der Waals surface area contributed by atoms with Crippen LogP contribution in [0.3, 0.4) is 0 Å². The summed E-state index contributed by atoms with van der Waals surface area (Å²) in [6, 6.07) is 2.49. The van der Waals surface area contributed by atoms with Gasteiger partial charge in [-0.05, 0) is 31.0 Å². The third-order valence-corrected chi connectivity index (χ3v) is 4.01. The monoisotopic (exact) mass is 248 g/mol. The molecule has 0 saturated heterocycles. The van der Waals surface area contributed by atoms with Crippen LogP contribution in [0.15, 0.2) is 18.5 Å². The molecule has 0 amide bonds. The van der Waals surface area contributed by atoms with Crippen LogP contribution in [0.2, 0.25) is 0 Å². The Balaban J connectivity index is 2.02. The van der Waals surface area contributed by atoms with Gasteiger partial charge in [-0.15, -0.1) is 0 Å². The van der Waals surface area contributed by atoms with E-state index in [-0.39, 0.29) is 0 Å². The second kappa shape index (κ2) is 6.74. The van der Waals surface area contributed by atoms with Crippen LogP contribution in [-0.4, -0.2) is 19.1 Å². The normalized spacial score (nSPS) is 18.6.